The highest BCUT2D eigenvalue weighted by molar-refractivity contribution is 5.50. The summed E-state index contributed by atoms with van der Waals surface area (Å²) in [5, 5.41) is 3.70. The van der Waals surface area contributed by atoms with Gasteiger partial charge in [0.15, 0.2) is 0 Å². The zero-order chi connectivity index (χ0) is 15.6. The Labute approximate surface area is 130 Å². The first-order valence-corrected chi connectivity index (χ1v) is 8.39. The van der Waals surface area contributed by atoms with Crippen LogP contribution in [0.4, 0.5) is 0 Å². The molecule has 2 heteroatoms. The second kappa shape index (κ2) is 6.93. The summed E-state index contributed by atoms with van der Waals surface area (Å²) in [5.74, 6) is 0. The molecule has 0 spiro atoms. The van der Waals surface area contributed by atoms with Gasteiger partial charge in [-0.15, -0.1) is 0 Å². The van der Waals surface area contributed by atoms with E-state index in [0.717, 1.165) is 19.6 Å². The van der Waals surface area contributed by atoms with Crippen LogP contribution in [0.15, 0.2) is 0 Å². The highest BCUT2D eigenvalue weighted by Gasteiger charge is 2.25. The van der Waals surface area contributed by atoms with Crippen molar-refractivity contribution < 1.29 is 4.74 Å². The van der Waals surface area contributed by atoms with E-state index in [1.54, 1.807) is 0 Å². The molecule has 1 aromatic carbocycles. The number of rotatable bonds is 5. The van der Waals surface area contributed by atoms with Crippen LogP contribution in [0.2, 0.25) is 0 Å². The maximum absolute atomic E-state index is 5.88. The topological polar surface area (TPSA) is 21.3 Å². The molecule has 118 valence electrons. The van der Waals surface area contributed by atoms with Gasteiger partial charge in [-0.05, 0) is 93.8 Å². The van der Waals surface area contributed by atoms with E-state index in [-0.39, 0.29) is 0 Å². The SMILES string of the molecule is CCNC(CC1CCCO1)c1c(C)c(C)c(C)c(C)c1C. The van der Waals surface area contributed by atoms with E-state index in [9.17, 15) is 0 Å². The van der Waals surface area contributed by atoms with Gasteiger partial charge in [-0.1, -0.05) is 6.92 Å². The molecular weight excluding hydrogens is 258 g/mol. The normalized spacial score (nSPS) is 20.0. The largest absolute Gasteiger partial charge is 0.378 e. The second-order valence-electron chi connectivity index (χ2n) is 6.52. The summed E-state index contributed by atoms with van der Waals surface area (Å²) < 4.78 is 5.88. The minimum Gasteiger partial charge on any atom is -0.378 e. The Bertz CT molecular complexity index is 472. The van der Waals surface area contributed by atoms with Gasteiger partial charge in [0.1, 0.15) is 0 Å². The summed E-state index contributed by atoms with van der Waals surface area (Å²) in [4.78, 5) is 0. The van der Waals surface area contributed by atoms with Crippen LogP contribution in [0.3, 0.4) is 0 Å². The first-order chi connectivity index (χ1) is 9.97. The van der Waals surface area contributed by atoms with Crippen molar-refractivity contribution in [3.05, 3.63) is 33.4 Å². The Morgan fingerprint density at radius 2 is 1.57 bits per heavy atom. The summed E-state index contributed by atoms with van der Waals surface area (Å²) in [6.45, 7) is 15.5. The molecule has 0 amide bonds. The van der Waals surface area contributed by atoms with Crippen molar-refractivity contribution in [1.29, 1.82) is 0 Å². The fourth-order valence-electron chi connectivity index (χ4n) is 3.69. The Morgan fingerprint density at radius 3 is 2.05 bits per heavy atom. The molecule has 0 radical (unpaired) electrons. The minimum atomic E-state index is 0.413. The van der Waals surface area contributed by atoms with Crippen LogP contribution >= 0.6 is 0 Å². The van der Waals surface area contributed by atoms with Crippen molar-refractivity contribution >= 4 is 0 Å². The van der Waals surface area contributed by atoms with Gasteiger partial charge in [0.2, 0.25) is 0 Å². The Morgan fingerprint density at radius 1 is 1.00 bits per heavy atom. The van der Waals surface area contributed by atoms with E-state index in [1.807, 2.05) is 0 Å². The van der Waals surface area contributed by atoms with Crippen LogP contribution in [0.5, 0.6) is 0 Å². The van der Waals surface area contributed by atoms with Crippen molar-refractivity contribution in [2.24, 2.45) is 0 Å². The van der Waals surface area contributed by atoms with Gasteiger partial charge in [0.25, 0.3) is 0 Å². The molecule has 0 bridgehead atoms. The maximum atomic E-state index is 5.88. The average Bonchev–Trinajstić information content (AvgIpc) is 2.96. The summed E-state index contributed by atoms with van der Waals surface area (Å²) in [5.41, 5.74) is 8.76. The molecule has 1 aliphatic heterocycles. The Balaban J connectivity index is 2.39. The lowest BCUT2D eigenvalue weighted by atomic mass is 9.84. The monoisotopic (exact) mass is 289 g/mol. The number of ether oxygens (including phenoxy) is 1. The Kier molecular flexibility index (Phi) is 5.45. The lowest BCUT2D eigenvalue weighted by Gasteiger charge is -2.28. The molecule has 2 unspecified atom stereocenters. The molecular formula is C19H31NO. The van der Waals surface area contributed by atoms with Gasteiger partial charge < -0.3 is 10.1 Å². The van der Waals surface area contributed by atoms with Gasteiger partial charge >= 0.3 is 0 Å². The lowest BCUT2D eigenvalue weighted by Crippen LogP contribution is -2.27. The van der Waals surface area contributed by atoms with E-state index in [0.29, 0.717) is 12.1 Å². The highest BCUT2D eigenvalue weighted by atomic mass is 16.5. The number of nitrogens with one attached hydrogen (secondary N) is 1. The van der Waals surface area contributed by atoms with Crippen molar-refractivity contribution in [3.63, 3.8) is 0 Å². The fraction of sp³-hybridized carbons (Fsp3) is 0.684. The predicted molar refractivity (Wildman–Crippen MR) is 90.1 cm³/mol. The van der Waals surface area contributed by atoms with E-state index >= 15 is 0 Å². The van der Waals surface area contributed by atoms with E-state index in [2.05, 4.69) is 46.9 Å². The molecule has 0 saturated carbocycles. The van der Waals surface area contributed by atoms with Crippen LogP contribution in [0, 0.1) is 34.6 Å². The van der Waals surface area contributed by atoms with Crippen molar-refractivity contribution in [2.45, 2.75) is 73.0 Å². The molecule has 0 aromatic heterocycles. The second-order valence-corrected chi connectivity index (χ2v) is 6.52. The van der Waals surface area contributed by atoms with Gasteiger partial charge in [0.05, 0.1) is 6.10 Å². The van der Waals surface area contributed by atoms with Crippen LogP contribution in [-0.4, -0.2) is 19.3 Å². The van der Waals surface area contributed by atoms with E-state index in [1.165, 1.54) is 46.2 Å². The van der Waals surface area contributed by atoms with Gasteiger partial charge in [-0.25, -0.2) is 0 Å². The molecule has 0 aliphatic carbocycles. The maximum Gasteiger partial charge on any atom is 0.0594 e. The van der Waals surface area contributed by atoms with Gasteiger partial charge in [0, 0.05) is 12.6 Å². The molecule has 1 saturated heterocycles. The van der Waals surface area contributed by atoms with Crippen LogP contribution in [0.25, 0.3) is 0 Å². The first kappa shape index (κ1) is 16.5. The molecule has 2 rings (SSSR count). The zero-order valence-electron chi connectivity index (χ0n) is 14.6. The molecule has 21 heavy (non-hydrogen) atoms. The smallest absolute Gasteiger partial charge is 0.0594 e. The van der Waals surface area contributed by atoms with E-state index in [4.69, 9.17) is 4.74 Å². The third kappa shape index (κ3) is 3.32. The summed E-state index contributed by atoms with van der Waals surface area (Å²) in [6, 6.07) is 0.413. The van der Waals surface area contributed by atoms with E-state index < -0.39 is 0 Å². The molecule has 2 atom stereocenters. The molecule has 1 aromatic rings. The van der Waals surface area contributed by atoms with Crippen molar-refractivity contribution in [3.8, 4) is 0 Å². The molecule has 1 aliphatic rings. The third-order valence-electron chi connectivity index (χ3n) is 5.38. The number of hydrogen-bond donors (Lipinski definition) is 1. The predicted octanol–water partition coefficient (Wildman–Crippen LogP) is 4.45. The first-order valence-electron chi connectivity index (χ1n) is 8.39. The number of hydrogen-bond acceptors (Lipinski definition) is 2. The highest BCUT2D eigenvalue weighted by Crippen LogP contribution is 2.34. The lowest BCUT2D eigenvalue weighted by molar-refractivity contribution is 0.0946. The standard InChI is InChI=1S/C19H31NO/c1-7-20-18(11-17-9-8-10-21-17)19-15(5)13(3)12(2)14(4)16(19)6/h17-18,20H,7-11H2,1-6H3. The van der Waals surface area contributed by atoms with Gasteiger partial charge in [-0.2, -0.15) is 0 Å². The molecule has 2 nitrogen and oxygen atoms in total. The zero-order valence-corrected chi connectivity index (χ0v) is 14.6. The minimum absolute atomic E-state index is 0.413. The molecule has 1 N–H and O–H groups in total. The summed E-state index contributed by atoms with van der Waals surface area (Å²) in [6.07, 6.45) is 3.95. The number of benzene rings is 1. The molecule has 1 fully saturated rings. The Hall–Kier alpha value is -0.860. The van der Waals surface area contributed by atoms with Crippen molar-refractivity contribution in [1.82, 2.24) is 5.32 Å². The van der Waals surface area contributed by atoms with Crippen LogP contribution in [0.1, 0.15) is 65.6 Å². The van der Waals surface area contributed by atoms with Crippen molar-refractivity contribution in [2.75, 3.05) is 13.2 Å². The summed E-state index contributed by atoms with van der Waals surface area (Å²) in [7, 11) is 0. The molecule has 1 heterocycles. The fourth-order valence-corrected chi connectivity index (χ4v) is 3.69. The van der Waals surface area contributed by atoms with Crippen LogP contribution < -0.4 is 5.32 Å². The van der Waals surface area contributed by atoms with Gasteiger partial charge in [-0.3, -0.25) is 0 Å². The third-order valence-corrected chi connectivity index (χ3v) is 5.38. The summed E-state index contributed by atoms with van der Waals surface area (Å²) >= 11 is 0. The van der Waals surface area contributed by atoms with Crippen LogP contribution in [-0.2, 0) is 4.74 Å². The average molecular weight is 289 g/mol. The quantitative estimate of drug-likeness (QED) is 0.864.